The van der Waals surface area contributed by atoms with Crippen LogP contribution < -0.4 is 5.73 Å². The summed E-state index contributed by atoms with van der Waals surface area (Å²) in [5, 5.41) is 0.667. The van der Waals surface area contributed by atoms with E-state index in [-0.39, 0.29) is 0 Å². The normalized spacial score (nSPS) is 15.2. The van der Waals surface area contributed by atoms with E-state index in [1.807, 2.05) is 6.20 Å². The number of anilines is 1. The van der Waals surface area contributed by atoms with Gasteiger partial charge >= 0.3 is 0 Å². The summed E-state index contributed by atoms with van der Waals surface area (Å²) in [6.07, 6.45) is 4.54. The van der Waals surface area contributed by atoms with Crippen molar-refractivity contribution in [1.82, 2.24) is 9.88 Å². The van der Waals surface area contributed by atoms with Gasteiger partial charge in [-0.05, 0) is 18.4 Å². The van der Waals surface area contributed by atoms with E-state index in [0.29, 0.717) is 5.13 Å². The second kappa shape index (κ2) is 5.08. The molecule has 1 heterocycles. The van der Waals surface area contributed by atoms with Crippen molar-refractivity contribution in [2.45, 2.75) is 32.0 Å². The predicted molar refractivity (Wildman–Crippen MR) is 75.2 cm³/mol. The van der Waals surface area contributed by atoms with E-state index >= 15 is 0 Å². The molecule has 2 aromatic rings. The molecule has 1 aromatic heterocycles. The van der Waals surface area contributed by atoms with Gasteiger partial charge in [-0.3, -0.25) is 4.90 Å². The second-order valence-electron chi connectivity index (χ2n) is 4.79. The third-order valence-corrected chi connectivity index (χ3v) is 4.03. The molecule has 3 nitrogen and oxygen atoms in total. The number of benzene rings is 1. The minimum Gasteiger partial charge on any atom is -0.375 e. The summed E-state index contributed by atoms with van der Waals surface area (Å²) < 4.78 is 0. The molecule has 0 bridgehead atoms. The van der Waals surface area contributed by atoms with Crippen LogP contribution in [0.15, 0.2) is 36.5 Å². The van der Waals surface area contributed by atoms with Crippen molar-refractivity contribution in [3.8, 4) is 0 Å². The Labute approximate surface area is 111 Å². The number of nitrogens with zero attached hydrogens (tertiary/aromatic N) is 2. The summed E-state index contributed by atoms with van der Waals surface area (Å²) in [4.78, 5) is 7.92. The Morgan fingerprint density at radius 3 is 2.61 bits per heavy atom. The Bertz CT molecular complexity index is 505. The largest absolute Gasteiger partial charge is 0.375 e. The minimum absolute atomic E-state index is 0.667. The van der Waals surface area contributed by atoms with Gasteiger partial charge in [0.2, 0.25) is 0 Å². The number of thiazole rings is 1. The fourth-order valence-electron chi connectivity index (χ4n) is 2.17. The van der Waals surface area contributed by atoms with E-state index in [4.69, 9.17) is 5.73 Å². The summed E-state index contributed by atoms with van der Waals surface area (Å²) in [5.74, 6) is 0. The predicted octanol–water partition coefficient (Wildman–Crippen LogP) is 2.89. The number of aromatic nitrogens is 1. The van der Waals surface area contributed by atoms with Gasteiger partial charge in [0.05, 0.1) is 0 Å². The molecule has 0 unspecified atom stereocenters. The minimum atomic E-state index is 0.667. The summed E-state index contributed by atoms with van der Waals surface area (Å²) >= 11 is 1.60. The summed E-state index contributed by atoms with van der Waals surface area (Å²) in [7, 11) is 0. The van der Waals surface area contributed by atoms with E-state index in [1.54, 1.807) is 11.3 Å². The number of nitrogen functional groups attached to an aromatic ring is 1. The Hall–Kier alpha value is -1.39. The molecule has 0 radical (unpaired) electrons. The summed E-state index contributed by atoms with van der Waals surface area (Å²) in [5.41, 5.74) is 7.06. The lowest BCUT2D eigenvalue weighted by atomic mass is 10.2. The van der Waals surface area contributed by atoms with Crippen LogP contribution in [0.1, 0.15) is 23.3 Å². The SMILES string of the molecule is Nc1ncc(CN(Cc2ccccc2)C2CC2)s1. The molecule has 0 amide bonds. The van der Waals surface area contributed by atoms with Gasteiger partial charge in [0.15, 0.2) is 5.13 Å². The Kier molecular flexibility index (Phi) is 3.30. The highest BCUT2D eigenvalue weighted by Gasteiger charge is 2.29. The van der Waals surface area contributed by atoms with Crippen molar-refractivity contribution in [1.29, 1.82) is 0 Å². The second-order valence-corrected chi connectivity index (χ2v) is 5.93. The molecule has 1 aromatic carbocycles. The summed E-state index contributed by atoms with van der Waals surface area (Å²) in [6, 6.07) is 11.4. The molecule has 0 saturated heterocycles. The molecule has 0 spiro atoms. The van der Waals surface area contributed by atoms with Crippen LogP contribution in [0.2, 0.25) is 0 Å². The van der Waals surface area contributed by atoms with Gasteiger partial charge in [0, 0.05) is 30.2 Å². The standard InChI is InChI=1S/C14H17N3S/c15-14-16-8-13(18-14)10-17(12-6-7-12)9-11-4-2-1-3-5-11/h1-5,8,12H,6-7,9-10H2,(H2,15,16). The van der Waals surface area contributed by atoms with Gasteiger partial charge in [0.1, 0.15) is 0 Å². The maximum Gasteiger partial charge on any atom is 0.180 e. The molecule has 0 aliphatic heterocycles. The highest BCUT2D eigenvalue weighted by atomic mass is 32.1. The Morgan fingerprint density at radius 1 is 1.22 bits per heavy atom. The Morgan fingerprint density at radius 2 is 2.00 bits per heavy atom. The molecule has 2 N–H and O–H groups in total. The van der Waals surface area contributed by atoms with E-state index in [0.717, 1.165) is 19.1 Å². The van der Waals surface area contributed by atoms with Crippen molar-refractivity contribution in [3.05, 3.63) is 47.0 Å². The molecular weight excluding hydrogens is 242 g/mol. The molecular formula is C14H17N3S. The summed E-state index contributed by atoms with van der Waals surface area (Å²) in [6.45, 7) is 1.98. The van der Waals surface area contributed by atoms with Crippen molar-refractivity contribution < 1.29 is 0 Å². The van der Waals surface area contributed by atoms with Gasteiger partial charge in [0.25, 0.3) is 0 Å². The Balaban J connectivity index is 1.69. The van der Waals surface area contributed by atoms with Crippen molar-refractivity contribution in [3.63, 3.8) is 0 Å². The van der Waals surface area contributed by atoms with Gasteiger partial charge in [-0.1, -0.05) is 30.3 Å². The fourth-order valence-corrected chi connectivity index (χ4v) is 2.88. The molecule has 4 heteroatoms. The van der Waals surface area contributed by atoms with Crippen molar-refractivity contribution in [2.75, 3.05) is 5.73 Å². The lowest BCUT2D eigenvalue weighted by molar-refractivity contribution is 0.248. The third-order valence-electron chi connectivity index (χ3n) is 3.22. The zero-order valence-electron chi connectivity index (χ0n) is 10.2. The van der Waals surface area contributed by atoms with Crippen LogP contribution in [0, 0.1) is 0 Å². The van der Waals surface area contributed by atoms with E-state index in [1.165, 1.54) is 23.3 Å². The topological polar surface area (TPSA) is 42.1 Å². The number of rotatable bonds is 5. The first-order valence-electron chi connectivity index (χ1n) is 6.29. The fraction of sp³-hybridized carbons (Fsp3) is 0.357. The van der Waals surface area contributed by atoms with Gasteiger partial charge < -0.3 is 5.73 Å². The average molecular weight is 259 g/mol. The first-order valence-corrected chi connectivity index (χ1v) is 7.11. The third kappa shape index (κ3) is 2.89. The van der Waals surface area contributed by atoms with Crippen LogP contribution in [-0.2, 0) is 13.1 Å². The molecule has 1 aliphatic carbocycles. The number of nitrogens with two attached hydrogens (primary N) is 1. The van der Waals surface area contributed by atoms with Crippen LogP contribution in [-0.4, -0.2) is 15.9 Å². The molecule has 1 saturated carbocycles. The smallest absolute Gasteiger partial charge is 0.180 e. The van der Waals surface area contributed by atoms with Crippen LogP contribution in [0.5, 0.6) is 0 Å². The van der Waals surface area contributed by atoms with Crippen LogP contribution in [0.25, 0.3) is 0 Å². The van der Waals surface area contributed by atoms with E-state index < -0.39 is 0 Å². The first kappa shape index (κ1) is 11.7. The highest BCUT2D eigenvalue weighted by molar-refractivity contribution is 7.15. The maximum atomic E-state index is 5.69. The van der Waals surface area contributed by atoms with Crippen LogP contribution in [0.4, 0.5) is 5.13 Å². The molecule has 18 heavy (non-hydrogen) atoms. The quantitative estimate of drug-likeness (QED) is 0.897. The molecule has 1 aliphatic rings. The van der Waals surface area contributed by atoms with Gasteiger partial charge in [-0.2, -0.15) is 0 Å². The zero-order valence-corrected chi connectivity index (χ0v) is 11.1. The monoisotopic (exact) mass is 259 g/mol. The first-order chi connectivity index (χ1) is 8.81. The van der Waals surface area contributed by atoms with E-state index in [9.17, 15) is 0 Å². The number of hydrogen-bond donors (Lipinski definition) is 1. The maximum absolute atomic E-state index is 5.69. The van der Waals surface area contributed by atoms with Crippen LogP contribution >= 0.6 is 11.3 Å². The van der Waals surface area contributed by atoms with E-state index in [2.05, 4.69) is 40.2 Å². The number of hydrogen-bond acceptors (Lipinski definition) is 4. The zero-order chi connectivity index (χ0) is 12.4. The van der Waals surface area contributed by atoms with Crippen molar-refractivity contribution in [2.24, 2.45) is 0 Å². The molecule has 1 fully saturated rings. The average Bonchev–Trinajstić information content (AvgIpc) is 3.15. The molecule has 0 atom stereocenters. The van der Waals surface area contributed by atoms with Gasteiger partial charge in [-0.25, -0.2) is 4.98 Å². The van der Waals surface area contributed by atoms with Gasteiger partial charge in [-0.15, -0.1) is 11.3 Å². The van der Waals surface area contributed by atoms with Crippen molar-refractivity contribution >= 4 is 16.5 Å². The lowest BCUT2D eigenvalue weighted by Gasteiger charge is -2.21. The highest BCUT2D eigenvalue weighted by Crippen LogP contribution is 2.31. The molecule has 94 valence electrons. The van der Waals surface area contributed by atoms with Crippen LogP contribution in [0.3, 0.4) is 0 Å². The molecule has 3 rings (SSSR count). The lowest BCUT2D eigenvalue weighted by Crippen LogP contribution is -2.24.